The molecule has 0 spiro atoms. The van der Waals surface area contributed by atoms with E-state index in [9.17, 15) is 0 Å². The minimum Gasteiger partial charge on any atom is -0.497 e. The van der Waals surface area contributed by atoms with Crippen LogP contribution in [0.5, 0.6) is 11.5 Å². The van der Waals surface area contributed by atoms with E-state index in [0.29, 0.717) is 0 Å². The monoisotopic (exact) mass is 241 g/mol. The summed E-state index contributed by atoms with van der Waals surface area (Å²) in [5.41, 5.74) is 0. The van der Waals surface area contributed by atoms with Crippen molar-refractivity contribution in [3.63, 3.8) is 0 Å². The molecule has 0 aromatic heterocycles. The fourth-order valence-electron chi connectivity index (χ4n) is 1.19. The average Bonchev–Trinajstić information content (AvgIpc) is 2.48. The zero-order valence-corrected chi connectivity index (χ0v) is 10.2. The van der Waals surface area contributed by atoms with Gasteiger partial charge in [0.25, 0.3) is 0 Å². The van der Waals surface area contributed by atoms with Crippen molar-refractivity contribution in [1.82, 2.24) is 0 Å². The van der Waals surface area contributed by atoms with Crippen LogP contribution < -0.4 is 9.47 Å². The molecule has 2 aromatic carbocycles. The molecular formula is C15H15NO2. The van der Waals surface area contributed by atoms with Gasteiger partial charge in [0.15, 0.2) is 6.61 Å². The minimum atomic E-state index is 0.115. The van der Waals surface area contributed by atoms with Gasteiger partial charge in [-0.1, -0.05) is 36.4 Å². The predicted octanol–water partition coefficient (Wildman–Crippen LogP) is 3.28. The number of rotatable bonds is 3. The summed E-state index contributed by atoms with van der Waals surface area (Å²) < 4.78 is 9.91. The Labute approximate surface area is 107 Å². The largest absolute Gasteiger partial charge is 0.497 e. The van der Waals surface area contributed by atoms with Crippen molar-refractivity contribution in [2.24, 2.45) is 0 Å². The maximum absolute atomic E-state index is 8.15. The molecule has 0 saturated carbocycles. The van der Waals surface area contributed by atoms with Gasteiger partial charge in [-0.05, 0) is 24.3 Å². The first kappa shape index (κ1) is 13.6. The highest BCUT2D eigenvalue weighted by Gasteiger charge is 1.86. The second-order valence-electron chi connectivity index (χ2n) is 3.28. The van der Waals surface area contributed by atoms with Crippen LogP contribution in [0.2, 0.25) is 0 Å². The van der Waals surface area contributed by atoms with Crippen LogP contribution in [-0.4, -0.2) is 13.7 Å². The highest BCUT2D eigenvalue weighted by molar-refractivity contribution is 5.21. The van der Waals surface area contributed by atoms with E-state index in [-0.39, 0.29) is 6.61 Å². The first-order valence-corrected chi connectivity index (χ1v) is 5.50. The SMILES string of the molecule is COc1ccccc1.N#CCOc1ccccc1. The van der Waals surface area contributed by atoms with Gasteiger partial charge in [-0.15, -0.1) is 0 Å². The number of hydrogen-bond acceptors (Lipinski definition) is 3. The van der Waals surface area contributed by atoms with E-state index in [0.717, 1.165) is 11.5 Å². The van der Waals surface area contributed by atoms with Crippen LogP contribution in [0, 0.1) is 11.3 Å². The zero-order valence-electron chi connectivity index (χ0n) is 10.2. The van der Waals surface area contributed by atoms with E-state index >= 15 is 0 Å². The molecule has 0 fully saturated rings. The molecule has 92 valence electrons. The second-order valence-corrected chi connectivity index (χ2v) is 3.28. The minimum absolute atomic E-state index is 0.115. The molecule has 0 amide bonds. The number of nitriles is 1. The maximum Gasteiger partial charge on any atom is 0.174 e. The Kier molecular flexibility index (Phi) is 6.54. The molecule has 0 atom stereocenters. The van der Waals surface area contributed by atoms with Gasteiger partial charge in [0, 0.05) is 0 Å². The van der Waals surface area contributed by atoms with E-state index in [4.69, 9.17) is 14.7 Å². The molecule has 0 bridgehead atoms. The Morgan fingerprint density at radius 2 is 1.39 bits per heavy atom. The third-order valence-corrected chi connectivity index (χ3v) is 2.03. The summed E-state index contributed by atoms with van der Waals surface area (Å²) in [6.07, 6.45) is 0. The van der Waals surface area contributed by atoms with E-state index in [1.807, 2.05) is 66.7 Å². The normalized spacial score (nSPS) is 8.44. The lowest BCUT2D eigenvalue weighted by molar-refractivity contribution is 0.368. The van der Waals surface area contributed by atoms with Gasteiger partial charge in [0.1, 0.15) is 17.6 Å². The van der Waals surface area contributed by atoms with Crippen molar-refractivity contribution in [1.29, 1.82) is 5.26 Å². The topological polar surface area (TPSA) is 42.2 Å². The Balaban J connectivity index is 0.000000184. The molecule has 0 aliphatic carbocycles. The maximum atomic E-state index is 8.15. The highest BCUT2D eigenvalue weighted by atomic mass is 16.5. The van der Waals surface area contributed by atoms with E-state index < -0.39 is 0 Å². The van der Waals surface area contributed by atoms with Crippen LogP contribution in [0.1, 0.15) is 0 Å². The molecule has 0 N–H and O–H groups in total. The molecule has 3 nitrogen and oxygen atoms in total. The van der Waals surface area contributed by atoms with Crippen LogP contribution in [-0.2, 0) is 0 Å². The van der Waals surface area contributed by atoms with Crippen molar-refractivity contribution in [3.8, 4) is 17.6 Å². The van der Waals surface area contributed by atoms with Crippen LogP contribution in [0.4, 0.5) is 0 Å². The molecule has 0 aliphatic heterocycles. The molecule has 0 heterocycles. The quantitative estimate of drug-likeness (QED) is 0.828. The molecular weight excluding hydrogens is 226 g/mol. The fraction of sp³-hybridized carbons (Fsp3) is 0.133. The van der Waals surface area contributed by atoms with Gasteiger partial charge in [0.2, 0.25) is 0 Å². The fourth-order valence-corrected chi connectivity index (χ4v) is 1.19. The highest BCUT2D eigenvalue weighted by Crippen LogP contribution is 2.07. The van der Waals surface area contributed by atoms with E-state index in [1.165, 1.54) is 0 Å². The summed E-state index contributed by atoms with van der Waals surface area (Å²) in [7, 11) is 1.66. The van der Waals surface area contributed by atoms with Gasteiger partial charge < -0.3 is 9.47 Å². The van der Waals surface area contributed by atoms with Gasteiger partial charge in [-0.25, -0.2) is 0 Å². The van der Waals surface area contributed by atoms with Crippen LogP contribution in [0.15, 0.2) is 60.7 Å². The standard InChI is InChI=1S/C8H7NO.C7H8O/c9-6-7-10-8-4-2-1-3-5-8;1-8-7-5-3-2-4-6-7/h1-5H,7H2;2-6H,1H3. The smallest absolute Gasteiger partial charge is 0.174 e. The molecule has 0 saturated heterocycles. The summed E-state index contributed by atoms with van der Waals surface area (Å²) >= 11 is 0. The summed E-state index contributed by atoms with van der Waals surface area (Å²) in [4.78, 5) is 0. The third-order valence-electron chi connectivity index (χ3n) is 2.03. The molecule has 2 aromatic rings. The van der Waals surface area contributed by atoms with Crippen molar-refractivity contribution < 1.29 is 9.47 Å². The molecule has 0 radical (unpaired) electrons. The number of methoxy groups -OCH3 is 1. The Bertz CT molecular complexity index is 463. The lowest BCUT2D eigenvalue weighted by Gasteiger charge is -1.97. The summed E-state index contributed by atoms with van der Waals surface area (Å²) in [5.74, 6) is 1.65. The summed E-state index contributed by atoms with van der Waals surface area (Å²) in [6.45, 7) is 0.115. The van der Waals surface area contributed by atoms with Crippen LogP contribution in [0.25, 0.3) is 0 Å². The molecule has 3 heteroatoms. The van der Waals surface area contributed by atoms with Gasteiger partial charge in [-0.3, -0.25) is 0 Å². The number of para-hydroxylation sites is 2. The number of ether oxygens (including phenoxy) is 2. The summed E-state index contributed by atoms with van der Waals surface area (Å²) in [6, 6.07) is 20.8. The van der Waals surface area contributed by atoms with Gasteiger partial charge in [-0.2, -0.15) is 5.26 Å². The lowest BCUT2D eigenvalue weighted by Crippen LogP contribution is -1.91. The second kappa shape index (κ2) is 8.66. The Hall–Kier alpha value is -2.47. The Morgan fingerprint density at radius 1 is 0.889 bits per heavy atom. The van der Waals surface area contributed by atoms with Crippen molar-refractivity contribution in [2.45, 2.75) is 0 Å². The zero-order chi connectivity index (χ0) is 13.1. The number of nitrogens with zero attached hydrogens (tertiary/aromatic N) is 1. The van der Waals surface area contributed by atoms with E-state index in [1.54, 1.807) is 7.11 Å². The van der Waals surface area contributed by atoms with Crippen molar-refractivity contribution in [2.75, 3.05) is 13.7 Å². The number of benzene rings is 2. The van der Waals surface area contributed by atoms with Crippen molar-refractivity contribution in [3.05, 3.63) is 60.7 Å². The molecule has 2 rings (SSSR count). The third kappa shape index (κ3) is 5.57. The van der Waals surface area contributed by atoms with Crippen molar-refractivity contribution >= 4 is 0 Å². The average molecular weight is 241 g/mol. The van der Waals surface area contributed by atoms with Gasteiger partial charge in [0.05, 0.1) is 7.11 Å². The number of hydrogen-bond donors (Lipinski definition) is 0. The molecule has 18 heavy (non-hydrogen) atoms. The Morgan fingerprint density at radius 3 is 1.78 bits per heavy atom. The summed E-state index contributed by atoms with van der Waals surface area (Å²) in [5, 5.41) is 8.15. The molecule has 0 unspecified atom stereocenters. The van der Waals surface area contributed by atoms with Crippen LogP contribution in [0.3, 0.4) is 0 Å². The van der Waals surface area contributed by atoms with Crippen LogP contribution >= 0.6 is 0 Å². The first-order valence-electron chi connectivity index (χ1n) is 5.50. The van der Waals surface area contributed by atoms with E-state index in [2.05, 4.69) is 0 Å². The first-order chi connectivity index (χ1) is 8.86. The predicted molar refractivity (Wildman–Crippen MR) is 70.5 cm³/mol. The van der Waals surface area contributed by atoms with Gasteiger partial charge >= 0.3 is 0 Å². The molecule has 0 aliphatic rings. The lowest BCUT2D eigenvalue weighted by atomic mass is 10.3.